The first-order chi connectivity index (χ1) is 44.5. The van der Waals surface area contributed by atoms with Crippen LogP contribution in [0, 0.1) is 5.92 Å². The van der Waals surface area contributed by atoms with Gasteiger partial charge in [0.2, 0.25) is 0 Å². The van der Waals surface area contributed by atoms with Crippen molar-refractivity contribution in [3.8, 4) is 0 Å². The molecule has 0 saturated heterocycles. The van der Waals surface area contributed by atoms with Crippen LogP contribution >= 0.6 is 15.6 Å². The molecule has 0 rings (SSSR count). The lowest BCUT2D eigenvalue weighted by Gasteiger charge is -2.21. The Morgan fingerprint density at radius 1 is 0.337 bits per heavy atom. The summed E-state index contributed by atoms with van der Waals surface area (Å²) in [7, 11) is -9.91. The molecule has 3 N–H and O–H groups in total. The summed E-state index contributed by atoms with van der Waals surface area (Å²) in [5.74, 6) is -1.34. The minimum absolute atomic E-state index is 0.101. The van der Waals surface area contributed by atoms with Crippen molar-refractivity contribution in [2.24, 2.45) is 5.92 Å². The van der Waals surface area contributed by atoms with Crippen LogP contribution in [0.25, 0.3) is 0 Å². The molecule has 17 nitrogen and oxygen atoms in total. The van der Waals surface area contributed by atoms with Gasteiger partial charge in [0.1, 0.15) is 19.3 Å². The maximum absolute atomic E-state index is 13.1. The van der Waals surface area contributed by atoms with Crippen LogP contribution in [-0.4, -0.2) is 96.7 Å². The van der Waals surface area contributed by atoms with E-state index in [9.17, 15) is 43.2 Å². The van der Waals surface area contributed by atoms with E-state index < -0.39 is 97.5 Å². The van der Waals surface area contributed by atoms with E-state index in [2.05, 4.69) is 58.9 Å². The molecule has 0 fully saturated rings. The van der Waals surface area contributed by atoms with E-state index in [0.29, 0.717) is 25.7 Å². The number of ether oxygens (including phenoxy) is 4. The smallest absolute Gasteiger partial charge is 0.462 e. The van der Waals surface area contributed by atoms with E-state index in [1.807, 2.05) is 0 Å². The van der Waals surface area contributed by atoms with Crippen molar-refractivity contribution in [2.45, 2.75) is 374 Å². The predicted molar refractivity (Wildman–Crippen MR) is 372 cm³/mol. The van der Waals surface area contributed by atoms with Crippen LogP contribution in [-0.2, 0) is 65.4 Å². The third-order valence-electron chi connectivity index (χ3n) is 16.4. The zero-order valence-electron chi connectivity index (χ0n) is 59.2. The van der Waals surface area contributed by atoms with Gasteiger partial charge in [0.05, 0.1) is 26.4 Å². The van der Waals surface area contributed by atoms with Crippen molar-refractivity contribution in [3.05, 3.63) is 24.3 Å². The van der Waals surface area contributed by atoms with Crippen molar-refractivity contribution < 1.29 is 80.2 Å². The first-order valence-electron chi connectivity index (χ1n) is 37.5. The predicted octanol–water partition coefficient (Wildman–Crippen LogP) is 20.9. The Morgan fingerprint density at radius 2 is 0.587 bits per heavy atom. The Labute approximate surface area is 561 Å². The number of unbranched alkanes of at least 4 members (excludes halogenated alkanes) is 40. The standard InChI is InChI=1S/C73H138O17P2/c1-6-9-12-15-18-20-21-22-27-31-34-38-42-47-52-57-71(76)84-63-69(90-73(78)59-54-49-44-39-35-32-29-26-24-23-25-28-30-33-37-41-45-50-55-66(4)5)65-88-92(81,82)86-61-67(74)60-85-91(79,80)87-64-68(62-83-70(75)56-51-46-40-17-14-11-8-3)89-72(77)58-53-48-43-36-19-16-13-10-7-2/h20-22,27,66-69,74H,6-19,23-26,28-65H2,1-5H3,(H,79,80)(H,81,82)/b21-20-,27-22-/t67-,68+,69+/m0/s1. The SMILES string of the molecule is CCCCCC/C=C\C=C/CCCCCCCC(=O)OC[C@H](COP(=O)(O)OC[C@@H](O)COP(=O)(O)OC[C@@H](COC(=O)CCCCCCCCC)OC(=O)CCCCCCCCCCC)OC(=O)CCCCCCCCCCCCCCCCCCCCC(C)C. The summed E-state index contributed by atoms with van der Waals surface area (Å²) in [4.78, 5) is 72.4. The zero-order valence-corrected chi connectivity index (χ0v) is 61.0. The van der Waals surface area contributed by atoms with Crippen molar-refractivity contribution in [2.75, 3.05) is 39.6 Å². The van der Waals surface area contributed by atoms with Crippen molar-refractivity contribution in [1.82, 2.24) is 0 Å². The number of allylic oxidation sites excluding steroid dienone is 4. The summed E-state index contributed by atoms with van der Waals surface area (Å²) in [5, 5.41) is 10.6. The molecule has 0 aromatic carbocycles. The number of rotatable bonds is 71. The van der Waals surface area contributed by atoms with Crippen molar-refractivity contribution >= 4 is 39.5 Å². The Kier molecular flexibility index (Phi) is 64.0. The number of aliphatic hydroxyl groups is 1. The molecular formula is C73H138O17P2. The van der Waals surface area contributed by atoms with E-state index in [0.717, 1.165) is 128 Å². The lowest BCUT2D eigenvalue weighted by molar-refractivity contribution is -0.161. The lowest BCUT2D eigenvalue weighted by Crippen LogP contribution is -2.30. The molecule has 0 saturated carbocycles. The van der Waals surface area contributed by atoms with Gasteiger partial charge >= 0.3 is 39.5 Å². The van der Waals surface area contributed by atoms with Crippen LogP contribution in [0.5, 0.6) is 0 Å². The highest BCUT2D eigenvalue weighted by molar-refractivity contribution is 7.47. The lowest BCUT2D eigenvalue weighted by atomic mass is 10.0. The molecule has 2 unspecified atom stereocenters. The summed E-state index contributed by atoms with van der Waals surface area (Å²) in [6.45, 7) is 7.17. The average Bonchev–Trinajstić information content (AvgIpc) is 1.75. The van der Waals surface area contributed by atoms with E-state index in [4.69, 9.17) is 37.0 Å². The van der Waals surface area contributed by atoms with E-state index in [-0.39, 0.29) is 25.7 Å². The minimum atomic E-state index is -4.96. The first-order valence-corrected chi connectivity index (χ1v) is 40.4. The largest absolute Gasteiger partial charge is 0.472 e. The number of phosphoric acid groups is 2. The molecule has 5 atom stereocenters. The summed E-state index contributed by atoms with van der Waals surface area (Å²) in [6.07, 6.45) is 56.6. The average molecular weight is 1350 g/mol. The Bertz CT molecular complexity index is 1860. The maximum Gasteiger partial charge on any atom is 0.472 e. The van der Waals surface area contributed by atoms with Gasteiger partial charge in [0.25, 0.3) is 0 Å². The molecule has 19 heteroatoms. The molecule has 0 spiro atoms. The second-order valence-electron chi connectivity index (χ2n) is 26.1. The third kappa shape index (κ3) is 66.2. The fourth-order valence-corrected chi connectivity index (χ4v) is 12.2. The van der Waals surface area contributed by atoms with Gasteiger partial charge in [-0.05, 0) is 57.3 Å². The van der Waals surface area contributed by atoms with Crippen LogP contribution < -0.4 is 0 Å². The minimum Gasteiger partial charge on any atom is -0.462 e. The molecule has 0 aliphatic carbocycles. The highest BCUT2D eigenvalue weighted by Gasteiger charge is 2.30. The van der Waals surface area contributed by atoms with E-state index >= 15 is 0 Å². The van der Waals surface area contributed by atoms with Crippen molar-refractivity contribution in [1.29, 1.82) is 0 Å². The number of phosphoric ester groups is 2. The number of aliphatic hydroxyl groups excluding tert-OH is 1. The van der Waals surface area contributed by atoms with Gasteiger partial charge in [-0.15, -0.1) is 0 Å². The maximum atomic E-state index is 13.1. The van der Waals surface area contributed by atoms with Gasteiger partial charge in [-0.3, -0.25) is 37.3 Å². The summed E-state index contributed by atoms with van der Waals surface area (Å²) in [5.41, 5.74) is 0. The number of esters is 4. The highest BCUT2D eigenvalue weighted by Crippen LogP contribution is 2.45. The normalized spacial score (nSPS) is 14.2. The number of carbonyl (C=O) groups is 4. The number of hydrogen-bond donors (Lipinski definition) is 3. The molecule has 92 heavy (non-hydrogen) atoms. The van der Waals surface area contributed by atoms with E-state index in [1.54, 1.807) is 0 Å². The first kappa shape index (κ1) is 89.5. The molecule has 0 aliphatic heterocycles. The van der Waals surface area contributed by atoms with Gasteiger partial charge in [-0.2, -0.15) is 0 Å². The monoisotopic (exact) mass is 1350 g/mol. The molecule has 0 aliphatic rings. The molecule has 0 aromatic rings. The zero-order chi connectivity index (χ0) is 67.7. The molecule has 0 radical (unpaired) electrons. The van der Waals surface area contributed by atoms with Crippen LogP contribution in [0.3, 0.4) is 0 Å². The van der Waals surface area contributed by atoms with Crippen molar-refractivity contribution in [3.63, 3.8) is 0 Å². The number of hydrogen-bond acceptors (Lipinski definition) is 15. The fraction of sp³-hybridized carbons (Fsp3) is 0.890. The molecular weight excluding hydrogens is 1210 g/mol. The number of carbonyl (C=O) groups excluding carboxylic acids is 4. The Hall–Kier alpha value is -2.46. The summed E-state index contributed by atoms with van der Waals surface area (Å²) >= 11 is 0. The van der Waals surface area contributed by atoms with Crippen LogP contribution in [0.1, 0.15) is 356 Å². The van der Waals surface area contributed by atoms with Gasteiger partial charge in [-0.1, -0.05) is 303 Å². The molecule has 542 valence electrons. The molecule has 0 bridgehead atoms. The molecule has 0 amide bonds. The topological polar surface area (TPSA) is 237 Å². The van der Waals surface area contributed by atoms with Crippen LogP contribution in [0.2, 0.25) is 0 Å². The highest BCUT2D eigenvalue weighted by atomic mass is 31.2. The van der Waals surface area contributed by atoms with Gasteiger partial charge in [-0.25, -0.2) is 9.13 Å². The molecule has 0 aromatic heterocycles. The Morgan fingerprint density at radius 3 is 0.891 bits per heavy atom. The third-order valence-corrected chi connectivity index (χ3v) is 18.3. The van der Waals surface area contributed by atoms with E-state index in [1.165, 1.54) is 148 Å². The molecule has 0 heterocycles. The quantitative estimate of drug-likeness (QED) is 0.0169. The van der Waals surface area contributed by atoms with Crippen LogP contribution in [0.4, 0.5) is 0 Å². The fourth-order valence-electron chi connectivity index (χ4n) is 10.6. The summed E-state index contributed by atoms with van der Waals surface area (Å²) < 4.78 is 68.1. The van der Waals surface area contributed by atoms with Gasteiger partial charge < -0.3 is 33.8 Å². The summed E-state index contributed by atoms with van der Waals surface area (Å²) in [6, 6.07) is 0. The van der Waals surface area contributed by atoms with Crippen LogP contribution in [0.15, 0.2) is 24.3 Å². The second-order valence-corrected chi connectivity index (χ2v) is 29.0. The van der Waals surface area contributed by atoms with Gasteiger partial charge in [0, 0.05) is 25.7 Å². The van der Waals surface area contributed by atoms with Gasteiger partial charge in [0.15, 0.2) is 12.2 Å². The Balaban J connectivity index is 5.18. The second kappa shape index (κ2) is 65.8.